The van der Waals surface area contributed by atoms with E-state index in [9.17, 15) is 4.79 Å². The molecule has 1 aliphatic heterocycles. The standard InChI is InChI=1S/C17H27N3O/c1-15-7-4-5-8-16(15)17(21)20-13-11-19(12-14-20)10-6-9-18(2)3/h4-5,7-8H,6,9-14H2,1-3H3. The Labute approximate surface area is 128 Å². The van der Waals surface area contributed by atoms with Gasteiger partial charge in [0.1, 0.15) is 0 Å². The number of piperazine rings is 1. The minimum atomic E-state index is 0.182. The van der Waals surface area contributed by atoms with Gasteiger partial charge in [-0.3, -0.25) is 9.69 Å². The normalized spacial score (nSPS) is 16.5. The molecule has 4 nitrogen and oxygen atoms in total. The van der Waals surface area contributed by atoms with Crippen molar-refractivity contribution in [3.8, 4) is 0 Å². The van der Waals surface area contributed by atoms with Crippen LogP contribution in [0.5, 0.6) is 0 Å². The smallest absolute Gasteiger partial charge is 0.254 e. The van der Waals surface area contributed by atoms with Gasteiger partial charge in [0.25, 0.3) is 5.91 Å². The van der Waals surface area contributed by atoms with E-state index in [1.165, 1.54) is 6.42 Å². The lowest BCUT2D eigenvalue weighted by molar-refractivity contribution is 0.0633. The van der Waals surface area contributed by atoms with Gasteiger partial charge in [0.05, 0.1) is 0 Å². The van der Waals surface area contributed by atoms with Gasteiger partial charge in [0.15, 0.2) is 0 Å². The Balaban J connectivity index is 1.81. The summed E-state index contributed by atoms with van der Waals surface area (Å²) in [5.41, 5.74) is 1.91. The first kappa shape index (κ1) is 16.0. The van der Waals surface area contributed by atoms with Crippen LogP contribution in [-0.2, 0) is 0 Å². The van der Waals surface area contributed by atoms with Crippen molar-refractivity contribution in [1.82, 2.24) is 14.7 Å². The van der Waals surface area contributed by atoms with E-state index in [2.05, 4.69) is 23.9 Å². The molecule has 0 spiro atoms. The van der Waals surface area contributed by atoms with Crippen LogP contribution >= 0.6 is 0 Å². The zero-order valence-electron chi connectivity index (χ0n) is 13.5. The van der Waals surface area contributed by atoms with Gasteiger partial charge in [-0.15, -0.1) is 0 Å². The van der Waals surface area contributed by atoms with Gasteiger partial charge in [0.2, 0.25) is 0 Å². The number of carbonyl (C=O) groups excluding carboxylic acids is 1. The van der Waals surface area contributed by atoms with E-state index in [4.69, 9.17) is 0 Å². The summed E-state index contributed by atoms with van der Waals surface area (Å²) in [7, 11) is 4.22. The number of aryl methyl sites for hydroxylation is 1. The Bertz CT molecular complexity index is 465. The van der Waals surface area contributed by atoms with E-state index in [-0.39, 0.29) is 5.91 Å². The fraction of sp³-hybridized carbons (Fsp3) is 0.588. The molecule has 1 fully saturated rings. The molecule has 4 heteroatoms. The minimum Gasteiger partial charge on any atom is -0.336 e. The second kappa shape index (κ2) is 7.57. The van der Waals surface area contributed by atoms with E-state index in [0.717, 1.165) is 50.4 Å². The third kappa shape index (κ3) is 4.55. The van der Waals surface area contributed by atoms with Gasteiger partial charge in [-0.1, -0.05) is 18.2 Å². The molecule has 1 aliphatic rings. The molecule has 0 radical (unpaired) electrons. The molecule has 1 aromatic rings. The molecule has 0 N–H and O–H groups in total. The lowest BCUT2D eigenvalue weighted by atomic mass is 10.1. The second-order valence-corrected chi connectivity index (χ2v) is 6.11. The van der Waals surface area contributed by atoms with Gasteiger partial charge in [0, 0.05) is 31.7 Å². The quantitative estimate of drug-likeness (QED) is 0.825. The van der Waals surface area contributed by atoms with E-state index in [0.29, 0.717) is 0 Å². The van der Waals surface area contributed by atoms with E-state index in [1.807, 2.05) is 36.1 Å². The molecule has 2 rings (SSSR count). The van der Waals surface area contributed by atoms with Crippen molar-refractivity contribution in [1.29, 1.82) is 0 Å². The average molecular weight is 289 g/mol. The fourth-order valence-corrected chi connectivity index (χ4v) is 2.77. The Morgan fingerprint density at radius 2 is 1.81 bits per heavy atom. The SMILES string of the molecule is Cc1ccccc1C(=O)N1CCN(CCCN(C)C)CC1. The van der Waals surface area contributed by atoms with E-state index >= 15 is 0 Å². The Kier molecular flexibility index (Phi) is 5.76. The van der Waals surface area contributed by atoms with Crippen molar-refractivity contribution in [2.24, 2.45) is 0 Å². The van der Waals surface area contributed by atoms with Crippen LogP contribution in [0.3, 0.4) is 0 Å². The van der Waals surface area contributed by atoms with Crippen molar-refractivity contribution in [2.75, 3.05) is 53.4 Å². The molecular formula is C17H27N3O. The molecule has 0 saturated carbocycles. The Morgan fingerprint density at radius 3 is 2.43 bits per heavy atom. The first-order chi connectivity index (χ1) is 10.1. The molecule has 1 aromatic carbocycles. The van der Waals surface area contributed by atoms with E-state index < -0.39 is 0 Å². The van der Waals surface area contributed by atoms with Crippen LogP contribution < -0.4 is 0 Å². The highest BCUT2D eigenvalue weighted by Crippen LogP contribution is 2.12. The van der Waals surface area contributed by atoms with Gasteiger partial charge < -0.3 is 9.80 Å². The topological polar surface area (TPSA) is 26.8 Å². The van der Waals surface area contributed by atoms with E-state index in [1.54, 1.807) is 0 Å². The largest absolute Gasteiger partial charge is 0.336 e. The zero-order chi connectivity index (χ0) is 15.2. The number of nitrogens with zero attached hydrogens (tertiary/aromatic N) is 3. The Hall–Kier alpha value is -1.39. The molecule has 1 saturated heterocycles. The number of carbonyl (C=O) groups is 1. The van der Waals surface area contributed by atoms with Crippen LogP contribution in [0.2, 0.25) is 0 Å². The lowest BCUT2D eigenvalue weighted by Crippen LogP contribution is -2.49. The molecular weight excluding hydrogens is 262 g/mol. The van der Waals surface area contributed by atoms with Crippen molar-refractivity contribution in [3.05, 3.63) is 35.4 Å². The van der Waals surface area contributed by atoms with Crippen molar-refractivity contribution >= 4 is 5.91 Å². The van der Waals surface area contributed by atoms with Crippen LogP contribution in [0.15, 0.2) is 24.3 Å². The second-order valence-electron chi connectivity index (χ2n) is 6.11. The van der Waals surface area contributed by atoms with Gasteiger partial charge in [-0.05, 0) is 52.2 Å². The number of benzene rings is 1. The molecule has 0 atom stereocenters. The third-order valence-corrected chi connectivity index (χ3v) is 4.11. The first-order valence-corrected chi connectivity index (χ1v) is 7.80. The maximum atomic E-state index is 12.5. The first-order valence-electron chi connectivity index (χ1n) is 7.80. The van der Waals surface area contributed by atoms with Crippen LogP contribution in [0.1, 0.15) is 22.3 Å². The van der Waals surface area contributed by atoms with Crippen molar-refractivity contribution in [2.45, 2.75) is 13.3 Å². The molecule has 1 amide bonds. The molecule has 0 bridgehead atoms. The number of rotatable bonds is 5. The van der Waals surface area contributed by atoms with Gasteiger partial charge in [-0.25, -0.2) is 0 Å². The molecule has 0 aromatic heterocycles. The van der Waals surface area contributed by atoms with Gasteiger partial charge in [-0.2, -0.15) is 0 Å². The highest BCUT2D eigenvalue weighted by atomic mass is 16.2. The summed E-state index contributed by atoms with van der Waals surface area (Å²) < 4.78 is 0. The maximum Gasteiger partial charge on any atom is 0.254 e. The molecule has 1 heterocycles. The number of hydrogen-bond donors (Lipinski definition) is 0. The Morgan fingerprint density at radius 1 is 1.14 bits per heavy atom. The van der Waals surface area contributed by atoms with Gasteiger partial charge >= 0.3 is 0 Å². The summed E-state index contributed by atoms with van der Waals surface area (Å²) in [5, 5.41) is 0. The summed E-state index contributed by atoms with van der Waals surface area (Å²) in [4.78, 5) is 19.2. The predicted molar refractivity (Wildman–Crippen MR) is 86.7 cm³/mol. The predicted octanol–water partition coefficient (Wildman–Crippen LogP) is 1.70. The maximum absolute atomic E-state index is 12.5. The summed E-state index contributed by atoms with van der Waals surface area (Å²) in [6, 6.07) is 7.86. The monoisotopic (exact) mass is 289 g/mol. The average Bonchev–Trinajstić information content (AvgIpc) is 2.47. The zero-order valence-corrected chi connectivity index (χ0v) is 13.5. The lowest BCUT2D eigenvalue weighted by Gasteiger charge is -2.35. The van der Waals surface area contributed by atoms with Crippen LogP contribution in [-0.4, -0.2) is 74.0 Å². The summed E-state index contributed by atoms with van der Waals surface area (Å²) in [6.45, 7) is 7.93. The van der Waals surface area contributed by atoms with Crippen molar-refractivity contribution in [3.63, 3.8) is 0 Å². The third-order valence-electron chi connectivity index (χ3n) is 4.11. The summed E-state index contributed by atoms with van der Waals surface area (Å²) in [5.74, 6) is 0.182. The molecule has 0 unspecified atom stereocenters. The minimum absolute atomic E-state index is 0.182. The summed E-state index contributed by atoms with van der Waals surface area (Å²) >= 11 is 0. The number of hydrogen-bond acceptors (Lipinski definition) is 3. The molecule has 0 aliphatic carbocycles. The number of amides is 1. The van der Waals surface area contributed by atoms with Crippen LogP contribution in [0.4, 0.5) is 0 Å². The highest BCUT2D eigenvalue weighted by molar-refractivity contribution is 5.95. The molecule has 116 valence electrons. The fourth-order valence-electron chi connectivity index (χ4n) is 2.77. The summed E-state index contributed by atoms with van der Waals surface area (Å²) in [6.07, 6.45) is 1.19. The van der Waals surface area contributed by atoms with Crippen molar-refractivity contribution < 1.29 is 4.79 Å². The molecule has 21 heavy (non-hydrogen) atoms. The highest BCUT2D eigenvalue weighted by Gasteiger charge is 2.22. The van der Waals surface area contributed by atoms with Crippen LogP contribution in [0.25, 0.3) is 0 Å². The van der Waals surface area contributed by atoms with Crippen LogP contribution in [0, 0.1) is 6.92 Å².